The zero-order chi connectivity index (χ0) is 21.9. The predicted octanol–water partition coefficient (Wildman–Crippen LogP) is 7.95. The van der Waals surface area contributed by atoms with Crippen LogP contribution in [0.4, 0.5) is 0 Å². The maximum atomic E-state index is 6.99. The van der Waals surface area contributed by atoms with Crippen LogP contribution in [0.25, 0.3) is 0 Å². The molecular formula is C27H48O2Si. The third kappa shape index (κ3) is 3.64. The Bertz CT molecular complexity index is 652. The molecule has 2 nitrogen and oxygen atoms in total. The van der Waals surface area contributed by atoms with Crippen molar-refractivity contribution in [1.82, 2.24) is 0 Å². The van der Waals surface area contributed by atoms with Crippen molar-refractivity contribution in [2.75, 3.05) is 0 Å². The second-order valence-corrected chi connectivity index (χ2v) is 18.2. The minimum Gasteiger partial charge on any atom is -0.496 e. The fourth-order valence-corrected chi connectivity index (χ4v) is 9.53. The highest BCUT2D eigenvalue weighted by atomic mass is 28.4. The summed E-state index contributed by atoms with van der Waals surface area (Å²) < 4.78 is 13.2. The summed E-state index contributed by atoms with van der Waals surface area (Å²) in [4.78, 5) is 0. The van der Waals surface area contributed by atoms with Crippen LogP contribution >= 0.6 is 0 Å². The lowest BCUT2D eigenvalue weighted by molar-refractivity contribution is -0.154. The first kappa shape index (κ1) is 22.9. The van der Waals surface area contributed by atoms with Crippen LogP contribution in [0.5, 0.6) is 0 Å². The molecule has 0 N–H and O–H groups in total. The Labute approximate surface area is 187 Å². The fraction of sp³-hybridized carbons (Fsp3) is 0.926. The number of hydrogen-bond acceptors (Lipinski definition) is 2. The zero-order valence-corrected chi connectivity index (χ0v) is 21.9. The van der Waals surface area contributed by atoms with Crippen molar-refractivity contribution in [3.8, 4) is 0 Å². The minimum absolute atomic E-state index is 0.175. The van der Waals surface area contributed by atoms with Crippen molar-refractivity contribution in [3.63, 3.8) is 0 Å². The van der Waals surface area contributed by atoms with Crippen molar-refractivity contribution in [2.24, 2.45) is 34.5 Å². The van der Waals surface area contributed by atoms with Crippen LogP contribution in [0.2, 0.25) is 18.1 Å². The lowest BCUT2D eigenvalue weighted by atomic mass is 9.45. The molecule has 4 fully saturated rings. The van der Waals surface area contributed by atoms with Gasteiger partial charge < -0.3 is 9.16 Å². The minimum atomic E-state index is -1.82. The summed E-state index contributed by atoms with van der Waals surface area (Å²) in [7, 11) is -1.82. The summed E-state index contributed by atoms with van der Waals surface area (Å²) in [6.45, 7) is 21.0. The van der Waals surface area contributed by atoms with Crippen LogP contribution in [-0.2, 0) is 9.16 Å². The predicted molar refractivity (Wildman–Crippen MR) is 129 cm³/mol. The van der Waals surface area contributed by atoms with E-state index < -0.39 is 8.32 Å². The van der Waals surface area contributed by atoms with E-state index >= 15 is 0 Å². The van der Waals surface area contributed by atoms with Crippen molar-refractivity contribution in [1.29, 1.82) is 0 Å². The van der Waals surface area contributed by atoms with Crippen LogP contribution < -0.4 is 0 Å². The van der Waals surface area contributed by atoms with Gasteiger partial charge in [-0.25, -0.2) is 0 Å². The SMILES string of the molecule is C=CO[C@H]1C[C@@]2(C)[C@@H](CC[C@H]3[C@@H]4CCC[C@@]4(C)CC[C@@H]32)CC1O[Si](C)(C)C(C)(C)C. The van der Waals surface area contributed by atoms with Crippen LogP contribution in [0.15, 0.2) is 12.8 Å². The maximum Gasteiger partial charge on any atom is 0.192 e. The van der Waals surface area contributed by atoms with E-state index in [4.69, 9.17) is 9.16 Å². The molecule has 30 heavy (non-hydrogen) atoms. The molecule has 172 valence electrons. The molecule has 0 spiro atoms. The molecule has 0 heterocycles. The van der Waals surface area contributed by atoms with Gasteiger partial charge in [-0.15, -0.1) is 0 Å². The van der Waals surface area contributed by atoms with Crippen molar-refractivity contribution >= 4 is 8.32 Å². The van der Waals surface area contributed by atoms with E-state index in [0.717, 1.165) is 30.1 Å². The molecule has 1 unspecified atom stereocenters. The molecule has 0 aliphatic heterocycles. The van der Waals surface area contributed by atoms with Crippen molar-refractivity contribution in [2.45, 2.75) is 123 Å². The quantitative estimate of drug-likeness (QED) is 0.331. The Morgan fingerprint density at radius 2 is 1.70 bits per heavy atom. The molecule has 0 amide bonds. The van der Waals surface area contributed by atoms with Crippen LogP contribution in [0.3, 0.4) is 0 Å². The van der Waals surface area contributed by atoms with Gasteiger partial charge in [0, 0.05) is 0 Å². The maximum absolute atomic E-state index is 6.99. The number of hydrogen-bond donors (Lipinski definition) is 0. The standard InChI is InChI=1S/C27H48O2Si/c1-9-28-24-18-27(6)19(17-23(24)29-30(7,8)25(2,3)4)12-13-20-21-11-10-15-26(21,5)16-14-22(20)27/h9,19-24H,1,10-18H2,2-8H3/t19-,20-,21-,22-,23?,24-,26-,27-/m0/s1. The molecule has 4 aliphatic rings. The summed E-state index contributed by atoms with van der Waals surface area (Å²) in [5, 5.41) is 0.237. The lowest BCUT2D eigenvalue weighted by Gasteiger charge is -2.62. The molecule has 8 atom stereocenters. The summed E-state index contributed by atoms with van der Waals surface area (Å²) in [5.74, 6) is 3.62. The second-order valence-electron chi connectivity index (χ2n) is 13.4. The van der Waals surface area contributed by atoms with E-state index in [2.05, 4.69) is 54.3 Å². The lowest BCUT2D eigenvalue weighted by Crippen LogP contribution is -2.58. The van der Waals surface area contributed by atoms with Gasteiger partial charge in [-0.2, -0.15) is 0 Å². The van der Waals surface area contributed by atoms with Gasteiger partial charge in [-0.3, -0.25) is 0 Å². The van der Waals surface area contributed by atoms with Gasteiger partial charge in [0.05, 0.1) is 12.4 Å². The summed E-state index contributed by atoms with van der Waals surface area (Å²) >= 11 is 0. The molecule has 0 aromatic rings. The number of ether oxygens (including phenoxy) is 1. The molecule has 0 bridgehead atoms. The van der Waals surface area contributed by atoms with E-state index in [1.165, 1.54) is 51.4 Å². The van der Waals surface area contributed by atoms with Gasteiger partial charge in [-0.05, 0) is 104 Å². The van der Waals surface area contributed by atoms with Gasteiger partial charge >= 0.3 is 0 Å². The Balaban J connectivity index is 1.57. The van der Waals surface area contributed by atoms with Gasteiger partial charge in [-0.1, -0.05) is 47.6 Å². The van der Waals surface area contributed by atoms with Gasteiger partial charge in [0.25, 0.3) is 0 Å². The third-order valence-electron chi connectivity index (χ3n) is 10.9. The Morgan fingerprint density at radius 1 is 0.967 bits per heavy atom. The highest BCUT2D eigenvalue weighted by molar-refractivity contribution is 6.74. The van der Waals surface area contributed by atoms with E-state index in [9.17, 15) is 0 Å². The smallest absolute Gasteiger partial charge is 0.192 e. The molecule has 4 saturated carbocycles. The molecular weight excluding hydrogens is 384 g/mol. The van der Waals surface area contributed by atoms with Gasteiger partial charge in [0.1, 0.15) is 6.10 Å². The van der Waals surface area contributed by atoms with Crippen molar-refractivity contribution < 1.29 is 9.16 Å². The fourth-order valence-electron chi connectivity index (χ4n) is 8.17. The normalized spacial score (nSPS) is 46.5. The van der Waals surface area contributed by atoms with Crippen LogP contribution in [0, 0.1) is 34.5 Å². The van der Waals surface area contributed by atoms with Crippen LogP contribution in [-0.4, -0.2) is 20.5 Å². The first-order chi connectivity index (χ1) is 13.9. The highest BCUT2D eigenvalue weighted by Crippen LogP contribution is 2.66. The first-order valence-electron chi connectivity index (χ1n) is 12.9. The Kier molecular flexibility index (Phi) is 5.83. The molecule has 0 aromatic carbocycles. The summed E-state index contributed by atoms with van der Waals surface area (Å²) in [6, 6.07) is 0. The molecule has 0 saturated heterocycles. The summed E-state index contributed by atoms with van der Waals surface area (Å²) in [6.07, 6.45) is 14.6. The Hall–Kier alpha value is -0.283. The van der Waals surface area contributed by atoms with E-state index in [1.807, 2.05) is 0 Å². The van der Waals surface area contributed by atoms with Crippen LogP contribution in [0.1, 0.15) is 92.4 Å². The van der Waals surface area contributed by atoms with E-state index in [-0.39, 0.29) is 17.2 Å². The van der Waals surface area contributed by atoms with Gasteiger partial charge in [0.2, 0.25) is 0 Å². The molecule has 3 heteroatoms. The number of rotatable bonds is 4. The molecule has 0 radical (unpaired) electrons. The average molecular weight is 433 g/mol. The molecule has 0 aromatic heterocycles. The monoisotopic (exact) mass is 432 g/mol. The van der Waals surface area contributed by atoms with Crippen molar-refractivity contribution in [3.05, 3.63) is 12.8 Å². The average Bonchev–Trinajstić information content (AvgIpc) is 3.03. The van der Waals surface area contributed by atoms with E-state index in [1.54, 1.807) is 6.26 Å². The third-order valence-corrected chi connectivity index (χ3v) is 15.4. The first-order valence-corrected chi connectivity index (χ1v) is 15.8. The number of fused-ring (bicyclic) bond motifs is 5. The summed E-state index contributed by atoms with van der Waals surface area (Å²) in [5.41, 5.74) is 1.05. The molecule has 4 rings (SSSR count). The topological polar surface area (TPSA) is 18.5 Å². The second kappa shape index (κ2) is 7.65. The van der Waals surface area contributed by atoms with Gasteiger partial charge in [0.15, 0.2) is 8.32 Å². The molecule has 4 aliphatic carbocycles. The Morgan fingerprint density at radius 3 is 2.37 bits per heavy atom. The highest BCUT2D eigenvalue weighted by Gasteiger charge is 2.60. The van der Waals surface area contributed by atoms with E-state index in [0.29, 0.717) is 10.8 Å². The zero-order valence-electron chi connectivity index (χ0n) is 20.9. The largest absolute Gasteiger partial charge is 0.496 e.